The van der Waals surface area contributed by atoms with Gasteiger partial charge in [-0.25, -0.2) is 4.79 Å². The van der Waals surface area contributed by atoms with E-state index in [1.165, 1.54) is 12.7 Å². The first-order chi connectivity index (χ1) is 12.1. The Morgan fingerprint density at radius 1 is 0.800 bits per heavy atom. The molecule has 126 valence electrons. The average Bonchev–Trinajstić information content (AvgIpc) is 2.64. The number of carbonyl (C=O) groups is 1. The van der Waals surface area contributed by atoms with E-state index in [1.54, 1.807) is 18.2 Å². The summed E-state index contributed by atoms with van der Waals surface area (Å²) in [5, 5.41) is 0. The van der Waals surface area contributed by atoms with Crippen molar-refractivity contribution in [2.24, 2.45) is 0 Å². The minimum atomic E-state index is -0.427. The molecule has 25 heavy (non-hydrogen) atoms. The van der Waals surface area contributed by atoms with Crippen LogP contribution < -0.4 is 9.47 Å². The highest BCUT2D eigenvalue weighted by atomic mass is 16.5. The highest BCUT2D eigenvalue weighted by molar-refractivity contribution is 5.94. The van der Waals surface area contributed by atoms with Gasteiger partial charge in [-0.05, 0) is 54.8 Å². The fourth-order valence-electron chi connectivity index (χ4n) is 2.66. The lowest BCUT2D eigenvalue weighted by Crippen LogP contribution is -2.10. The highest BCUT2D eigenvalue weighted by Crippen LogP contribution is 2.28. The Kier molecular flexibility index (Phi) is 4.85. The van der Waals surface area contributed by atoms with E-state index in [-0.39, 0.29) is 0 Å². The van der Waals surface area contributed by atoms with Crippen molar-refractivity contribution < 1.29 is 14.3 Å². The molecule has 0 fully saturated rings. The summed E-state index contributed by atoms with van der Waals surface area (Å²) in [6.45, 7) is 4.00. The Bertz CT molecular complexity index is 895. The number of hydrogen-bond donors (Lipinski definition) is 0. The molecule has 3 heteroatoms. The summed E-state index contributed by atoms with van der Waals surface area (Å²) >= 11 is 0. The SMILES string of the molecule is COc1ccccc1C(=O)Oc1ccc(-c2ccc(C)cc2)cc1C. The first-order valence-corrected chi connectivity index (χ1v) is 8.11. The van der Waals surface area contributed by atoms with E-state index in [0.717, 1.165) is 16.7 Å². The Hall–Kier alpha value is -3.07. The number of rotatable bonds is 4. The molecule has 0 aromatic heterocycles. The molecule has 3 aromatic carbocycles. The van der Waals surface area contributed by atoms with Crippen LogP contribution in [0.4, 0.5) is 0 Å². The first kappa shape index (κ1) is 16.8. The molecule has 0 amide bonds. The third-order valence-electron chi connectivity index (χ3n) is 4.09. The van der Waals surface area contributed by atoms with E-state index >= 15 is 0 Å². The average molecular weight is 332 g/mol. The van der Waals surface area contributed by atoms with Gasteiger partial charge in [0.25, 0.3) is 0 Å². The summed E-state index contributed by atoms with van der Waals surface area (Å²) < 4.78 is 10.8. The summed E-state index contributed by atoms with van der Waals surface area (Å²) in [7, 11) is 1.54. The van der Waals surface area contributed by atoms with Crippen LogP contribution in [0.5, 0.6) is 11.5 Å². The van der Waals surface area contributed by atoms with Crippen molar-refractivity contribution in [3.63, 3.8) is 0 Å². The van der Waals surface area contributed by atoms with Crippen molar-refractivity contribution in [2.75, 3.05) is 7.11 Å². The minimum absolute atomic E-state index is 0.409. The van der Waals surface area contributed by atoms with Gasteiger partial charge in [-0.2, -0.15) is 0 Å². The van der Waals surface area contributed by atoms with Crippen LogP contribution in [0.15, 0.2) is 66.7 Å². The van der Waals surface area contributed by atoms with Crippen LogP contribution in [0.25, 0.3) is 11.1 Å². The fourth-order valence-corrected chi connectivity index (χ4v) is 2.66. The molecule has 0 saturated carbocycles. The Morgan fingerprint density at radius 2 is 1.48 bits per heavy atom. The summed E-state index contributed by atoms with van der Waals surface area (Å²) in [5.41, 5.74) is 4.77. The van der Waals surface area contributed by atoms with Gasteiger partial charge in [0.2, 0.25) is 0 Å². The van der Waals surface area contributed by atoms with Crippen LogP contribution in [0.3, 0.4) is 0 Å². The van der Waals surface area contributed by atoms with Crippen molar-refractivity contribution in [3.8, 4) is 22.6 Å². The fraction of sp³-hybridized carbons (Fsp3) is 0.136. The van der Waals surface area contributed by atoms with E-state index in [1.807, 2.05) is 31.2 Å². The predicted octanol–water partition coefficient (Wildman–Crippen LogP) is 5.20. The van der Waals surface area contributed by atoms with Crippen molar-refractivity contribution in [2.45, 2.75) is 13.8 Å². The third-order valence-corrected chi connectivity index (χ3v) is 4.09. The largest absolute Gasteiger partial charge is 0.496 e. The molecule has 0 bridgehead atoms. The molecule has 3 rings (SSSR count). The Labute approximate surface area is 147 Å². The van der Waals surface area contributed by atoms with E-state index in [2.05, 4.69) is 31.2 Å². The van der Waals surface area contributed by atoms with Crippen LogP contribution in [-0.2, 0) is 0 Å². The number of ether oxygens (including phenoxy) is 2. The van der Waals surface area contributed by atoms with Crippen molar-refractivity contribution in [1.29, 1.82) is 0 Å². The van der Waals surface area contributed by atoms with Gasteiger partial charge < -0.3 is 9.47 Å². The number of para-hydroxylation sites is 1. The van der Waals surface area contributed by atoms with Gasteiger partial charge in [-0.15, -0.1) is 0 Å². The molecule has 0 atom stereocenters. The van der Waals surface area contributed by atoms with Gasteiger partial charge in [0.05, 0.1) is 7.11 Å². The smallest absolute Gasteiger partial charge is 0.347 e. The van der Waals surface area contributed by atoms with Crippen molar-refractivity contribution in [3.05, 3.63) is 83.4 Å². The Balaban J connectivity index is 1.84. The zero-order chi connectivity index (χ0) is 17.8. The second-order valence-corrected chi connectivity index (χ2v) is 5.94. The lowest BCUT2D eigenvalue weighted by molar-refractivity contribution is 0.0730. The molecule has 0 N–H and O–H groups in total. The van der Waals surface area contributed by atoms with Crippen LogP contribution in [0, 0.1) is 13.8 Å². The standard InChI is InChI=1S/C22H20O3/c1-15-8-10-17(11-9-15)18-12-13-20(16(2)14-18)25-22(23)19-6-4-5-7-21(19)24-3/h4-14H,1-3H3. The molecule has 3 aromatic rings. The Morgan fingerprint density at radius 3 is 2.16 bits per heavy atom. The molecule has 0 radical (unpaired) electrons. The topological polar surface area (TPSA) is 35.5 Å². The van der Waals surface area contributed by atoms with Crippen LogP contribution in [-0.4, -0.2) is 13.1 Å². The molecule has 0 saturated heterocycles. The number of carbonyl (C=O) groups excluding carboxylic acids is 1. The normalized spacial score (nSPS) is 10.4. The monoisotopic (exact) mass is 332 g/mol. The lowest BCUT2D eigenvalue weighted by atomic mass is 10.0. The summed E-state index contributed by atoms with van der Waals surface area (Å²) in [6, 6.07) is 21.2. The number of methoxy groups -OCH3 is 1. The van der Waals surface area contributed by atoms with Gasteiger partial charge in [0, 0.05) is 0 Å². The van der Waals surface area contributed by atoms with Crippen LogP contribution in [0.1, 0.15) is 21.5 Å². The van der Waals surface area contributed by atoms with E-state index in [0.29, 0.717) is 17.1 Å². The molecule has 0 heterocycles. The molecule has 0 aliphatic carbocycles. The highest BCUT2D eigenvalue weighted by Gasteiger charge is 2.15. The number of hydrogen-bond acceptors (Lipinski definition) is 3. The zero-order valence-electron chi connectivity index (χ0n) is 14.6. The quantitative estimate of drug-likeness (QED) is 0.487. The number of benzene rings is 3. The number of esters is 1. The minimum Gasteiger partial charge on any atom is -0.496 e. The summed E-state index contributed by atoms with van der Waals surface area (Å²) in [6.07, 6.45) is 0. The third kappa shape index (κ3) is 3.72. The molecule has 0 aliphatic heterocycles. The van der Waals surface area contributed by atoms with E-state index in [4.69, 9.17) is 9.47 Å². The van der Waals surface area contributed by atoms with E-state index < -0.39 is 5.97 Å². The van der Waals surface area contributed by atoms with Gasteiger partial charge >= 0.3 is 5.97 Å². The second-order valence-electron chi connectivity index (χ2n) is 5.94. The second kappa shape index (κ2) is 7.22. The summed E-state index contributed by atoms with van der Waals surface area (Å²) in [4.78, 5) is 12.4. The molecule has 0 aliphatic rings. The first-order valence-electron chi connectivity index (χ1n) is 8.11. The van der Waals surface area contributed by atoms with Gasteiger partial charge in [0.15, 0.2) is 0 Å². The number of aryl methyl sites for hydroxylation is 2. The molecular formula is C22H20O3. The maximum Gasteiger partial charge on any atom is 0.347 e. The van der Waals surface area contributed by atoms with Gasteiger partial charge in [-0.1, -0.05) is 48.0 Å². The van der Waals surface area contributed by atoms with Crippen molar-refractivity contribution in [1.82, 2.24) is 0 Å². The summed E-state index contributed by atoms with van der Waals surface area (Å²) in [5.74, 6) is 0.622. The van der Waals surface area contributed by atoms with Gasteiger partial charge in [0.1, 0.15) is 17.1 Å². The maximum absolute atomic E-state index is 12.4. The van der Waals surface area contributed by atoms with E-state index in [9.17, 15) is 4.79 Å². The zero-order valence-corrected chi connectivity index (χ0v) is 14.6. The van der Waals surface area contributed by atoms with Crippen LogP contribution >= 0.6 is 0 Å². The molecule has 0 unspecified atom stereocenters. The molecular weight excluding hydrogens is 312 g/mol. The van der Waals surface area contributed by atoms with Gasteiger partial charge in [-0.3, -0.25) is 0 Å². The molecule has 0 spiro atoms. The predicted molar refractivity (Wildman–Crippen MR) is 99.3 cm³/mol. The lowest BCUT2D eigenvalue weighted by Gasteiger charge is -2.11. The maximum atomic E-state index is 12.4. The molecule has 3 nitrogen and oxygen atoms in total. The van der Waals surface area contributed by atoms with Crippen LogP contribution in [0.2, 0.25) is 0 Å². The van der Waals surface area contributed by atoms with Crippen molar-refractivity contribution >= 4 is 5.97 Å².